The van der Waals surface area contributed by atoms with Crippen LogP contribution in [-0.2, 0) is 16.6 Å². The molecular weight excluding hydrogens is 326 g/mol. The van der Waals surface area contributed by atoms with E-state index in [1.165, 1.54) is 16.4 Å². The molecule has 24 heavy (non-hydrogen) atoms. The van der Waals surface area contributed by atoms with Crippen LogP contribution in [-0.4, -0.2) is 36.1 Å². The van der Waals surface area contributed by atoms with E-state index < -0.39 is 16.0 Å². The highest BCUT2D eigenvalue weighted by Crippen LogP contribution is 2.46. The molecule has 2 aromatic carbocycles. The molecule has 0 aliphatic heterocycles. The molecule has 2 aromatic rings. The monoisotopic (exact) mass is 345 g/mol. The number of hydrogen-bond donors (Lipinski definition) is 1. The topological polar surface area (TPSA) is 74.7 Å². The van der Waals surface area contributed by atoms with E-state index in [4.69, 9.17) is 5.11 Å². The van der Waals surface area contributed by atoms with Crippen LogP contribution in [0.5, 0.6) is 0 Å². The maximum absolute atomic E-state index is 12.7. The van der Waals surface area contributed by atoms with Crippen LogP contribution in [0.25, 0.3) is 0 Å². The van der Waals surface area contributed by atoms with Crippen molar-refractivity contribution in [1.29, 1.82) is 0 Å². The van der Waals surface area contributed by atoms with E-state index in [9.17, 15) is 13.2 Å². The van der Waals surface area contributed by atoms with Gasteiger partial charge >= 0.3 is 5.97 Å². The molecule has 6 heteroatoms. The minimum Gasteiger partial charge on any atom is -0.478 e. The summed E-state index contributed by atoms with van der Waals surface area (Å²) in [7, 11) is -1.80. The van der Waals surface area contributed by atoms with Gasteiger partial charge in [0.2, 0.25) is 10.0 Å². The van der Waals surface area contributed by atoms with Gasteiger partial charge in [0.25, 0.3) is 0 Å². The van der Waals surface area contributed by atoms with E-state index in [1.54, 1.807) is 19.2 Å². The molecule has 0 spiro atoms. The predicted molar refractivity (Wildman–Crippen MR) is 91.4 cm³/mol. The van der Waals surface area contributed by atoms with E-state index in [1.807, 2.05) is 30.3 Å². The molecule has 1 fully saturated rings. The standard InChI is InChI=1S/C18H19NO4S/c1-19(12-13-7-9-15(10-8-13)18(20)21)24(22,23)17-11-16(17)14-5-3-2-4-6-14/h2-10,16-17H,11-12H2,1H3,(H,20,21)/t16-,17+/m0/s1. The first kappa shape index (κ1) is 16.7. The zero-order chi connectivity index (χ0) is 17.3. The molecule has 0 aromatic heterocycles. The third-order valence-electron chi connectivity index (χ3n) is 4.38. The van der Waals surface area contributed by atoms with Crippen LogP contribution in [0, 0.1) is 0 Å². The summed E-state index contributed by atoms with van der Waals surface area (Å²) >= 11 is 0. The Hall–Kier alpha value is -2.18. The van der Waals surface area contributed by atoms with Crippen LogP contribution in [0.3, 0.4) is 0 Å². The predicted octanol–water partition coefficient (Wildman–Crippen LogP) is 2.70. The number of carbonyl (C=O) groups is 1. The molecule has 0 radical (unpaired) electrons. The first-order valence-electron chi connectivity index (χ1n) is 7.72. The first-order chi connectivity index (χ1) is 11.4. The molecule has 1 saturated carbocycles. The van der Waals surface area contributed by atoms with Crippen LogP contribution in [0.1, 0.15) is 33.8 Å². The summed E-state index contributed by atoms with van der Waals surface area (Å²) < 4.78 is 26.7. The highest BCUT2D eigenvalue weighted by Gasteiger charge is 2.49. The number of benzene rings is 2. The van der Waals surface area contributed by atoms with Crippen LogP contribution >= 0.6 is 0 Å². The van der Waals surface area contributed by atoms with Crippen molar-refractivity contribution < 1.29 is 18.3 Å². The van der Waals surface area contributed by atoms with Crippen LogP contribution in [0.15, 0.2) is 54.6 Å². The summed E-state index contributed by atoms with van der Waals surface area (Å²) in [5, 5.41) is 8.53. The minimum absolute atomic E-state index is 0.0630. The van der Waals surface area contributed by atoms with Crippen molar-refractivity contribution in [2.75, 3.05) is 7.05 Å². The largest absolute Gasteiger partial charge is 0.478 e. The molecule has 1 aliphatic rings. The maximum atomic E-state index is 12.7. The molecule has 0 saturated heterocycles. The molecule has 0 unspecified atom stereocenters. The number of carboxylic acid groups (broad SMARTS) is 1. The van der Waals surface area contributed by atoms with Crippen molar-refractivity contribution in [2.24, 2.45) is 0 Å². The number of sulfonamides is 1. The van der Waals surface area contributed by atoms with Crippen molar-refractivity contribution in [3.8, 4) is 0 Å². The summed E-state index contributed by atoms with van der Waals surface area (Å²) in [6.07, 6.45) is 0.647. The third kappa shape index (κ3) is 3.34. The fourth-order valence-corrected chi connectivity index (χ4v) is 4.70. The average Bonchev–Trinajstić information content (AvgIpc) is 3.37. The lowest BCUT2D eigenvalue weighted by molar-refractivity contribution is 0.0697. The van der Waals surface area contributed by atoms with Crippen molar-refractivity contribution >= 4 is 16.0 Å². The molecule has 126 valence electrons. The molecule has 0 amide bonds. The molecular formula is C18H19NO4S. The zero-order valence-electron chi connectivity index (χ0n) is 13.3. The van der Waals surface area contributed by atoms with Gasteiger partial charge in [-0.3, -0.25) is 0 Å². The van der Waals surface area contributed by atoms with E-state index in [0.717, 1.165) is 11.1 Å². The second kappa shape index (κ2) is 6.37. The van der Waals surface area contributed by atoms with Crippen LogP contribution < -0.4 is 0 Å². The average molecular weight is 345 g/mol. The number of rotatable bonds is 6. The quantitative estimate of drug-likeness (QED) is 0.873. The minimum atomic E-state index is -3.37. The second-order valence-corrected chi connectivity index (χ2v) is 8.35. The van der Waals surface area contributed by atoms with Crippen LogP contribution in [0.4, 0.5) is 0 Å². The Labute approximate surface area is 141 Å². The highest BCUT2D eigenvalue weighted by molar-refractivity contribution is 7.90. The number of aromatic carboxylic acids is 1. The van der Waals surface area contributed by atoms with Crippen molar-refractivity contribution in [3.63, 3.8) is 0 Å². The smallest absolute Gasteiger partial charge is 0.335 e. The Morgan fingerprint density at radius 1 is 1.12 bits per heavy atom. The molecule has 3 rings (SSSR count). The summed E-state index contributed by atoms with van der Waals surface area (Å²) in [6, 6.07) is 16.0. The van der Waals surface area contributed by atoms with Crippen molar-refractivity contribution in [3.05, 3.63) is 71.3 Å². The van der Waals surface area contributed by atoms with Crippen molar-refractivity contribution in [1.82, 2.24) is 4.31 Å². The molecule has 1 aliphatic carbocycles. The van der Waals surface area contributed by atoms with Gasteiger partial charge in [-0.25, -0.2) is 17.5 Å². The number of carboxylic acids is 1. The fraction of sp³-hybridized carbons (Fsp3) is 0.278. The van der Waals surface area contributed by atoms with Crippen molar-refractivity contribution in [2.45, 2.75) is 24.1 Å². The SMILES string of the molecule is CN(Cc1ccc(C(=O)O)cc1)S(=O)(=O)[C@@H]1C[C@H]1c1ccccc1. The molecule has 1 N–H and O–H groups in total. The Balaban J connectivity index is 1.68. The normalized spacial score (nSPS) is 20.1. The van der Waals surface area contributed by atoms with Gasteiger partial charge in [0.05, 0.1) is 10.8 Å². The summed E-state index contributed by atoms with van der Waals surface area (Å²) in [5.74, 6) is -0.931. The highest BCUT2D eigenvalue weighted by atomic mass is 32.2. The molecule has 0 bridgehead atoms. The Kier molecular flexibility index (Phi) is 4.43. The van der Waals surface area contributed by atoms with E-state index in [0.29, 0.717) is 6.42 Å². The summed E-state index contributed by atoms with van der Waals surface area (Å²) in [5.41, 5.74) is 2.02. The van der Waals surface area contributed by atoms with Crippen LogP contribution in [0.2, 0.25) is 0 Å². The van der Waals surface area contributed by atoms with Gasteiger partial charge < -0.3 is 5.11 Å². The number of hydrogen-bond acceptors (Lipinski definition) is 3. The van der Waals surface area contributed by atoms with Gasteiger partial charge in [-0.05, 0) is 29.7 Å². The lowest BCUT2D eigenvalue weighted by atomic mass is 10.1. The maximum Gasteiger partial charge on any atom is 0.335 e. The number of nitrogens with zero attached hydrogens (tertiary/aromatic N) is 1. The lowest BCUT2D eigenvalue weighted by Crippen LogP contribution is -2.30. The zero-order valence-corrected chi connectivity index (χ0v) is 14.1. The van der Waals surface area contributed by atoms with Gasteiger partial charge in [-0.15, -0.1) is 0 Å². The van der Waals surface area contributed by atoms with E-state index in [2.05, 4.69) is 0 Å². The van der Waals surface area contributed by atoms with Gasteiger partial charge in [-0.2, -0.15) is 0 Å². The van der Waals surface area contributed by atoms with Gasteiger partial charge in [0.1, 0.15) is 0 Å². The molecule has 0 heterocycles. The Morgan fingerprint density at radius 3 is 2.33 bits per heavy atom. The third-order valence-corrected chi connectivity index (χ3v) is 6.67. The lowest BCUT2D eigenvalue weighted by Gasteiger charge is -2.17. The fourth-order valence-electron chi connectivity index (χ4n) is 2.88. The van der Waals surface area contributed by atoms with Gasteiger partial charge in [0.15, 0.2) is 0 Å². The Morgan fingerprint density at radius 2 is 1.75 bits per heavy atom. The van der Waals surface area contributed by atoms with E-state index >= 15 is 0 Å². The Bertz CT molecular complexity index is 831. The molecule has 2 atom stereocenters. The van der Waals surface area contributed by atoms with Gasteiger partial charge in [-0.1, -0.05) is 42.5 Å². The summed E-state index contributed by atoms with van der Waals surface area (Å²) in [6.45, 7) is 0.236. The second-order valence-electron chi connectivity index (χ2n) is 6.09. The van der Waals surface area contributed by atoms with E-state index in [-0.39, 0.29) is 23.3 Å². The first-order valence-corrected chi connectivity index (χ1v) is 9.22. The summed E-state index contributed by atoms with van der Waals surface area (Å²) in [4.78, 5) is 10.9. The van der Waals surface area contributed by atoms with Gasteiger partial charge in [0, 0.05) is 19.5 Å². The molecule has 5 nitrogen and oxygen atoms in total.